The lowest BCUT2D eigenvalue weighted by atomic mass is 9.98. The average Bonchev–Trinajstić information content (AvgIpc) is 2.90. The second-order valence-electron chi connectivity index (χ2n) is 9.65. The SMILES string of the molecule is CN1C[C@@H]2CCCCN2C(=O)c2cccc(c2)S(=O)(=O)N(C)C/C=C\COCC2(CNCCO2)C1=O. The summed E-state index contributed by atoms with van der Waals surface area (Å²) >= 11 is 0. The Kier molecular flexibility index (Phi) is 8.46. The molecule has 1 aromatic rings. The number of piperidine rings is 1. The molecule has 0 radical (unpaired) electrons. The number of nitrogens with one attached hydrogen (secondary N) is 1. The molecule has 2 amide bonds. The fourth-order valence-electron chi connectivity index (χ4n) is 4.97. The van der Waals surface area contributed by atoms with Gasteiger partial charge in [-0.25, -0.2) is 8.42 Å². The van der Waals surface area contributed by atoms with Crippen LogP contribution in [0.25, 0.3) is 0 Å². The first-order valence-electron chi connectivity index (χ1n) is 12.4. The maximum absolute atomic E-state index is 13.6. The molecule has 0 aliphatic carbocycles. The van der Waals surface area contributed by atoms with Gasteiger partial charge in [0.1, 0.15) is 0 Å². The number of carbonyl (C=O) groups excluding carboxylic acids is 2. The molecule has 3 aliphatic heterocycles. The van der Waals surface area contributed by atoms with Crippen LogP contribution in [0, 0.1) is 0 Å². The maximum Gasteiger partial charge on any atom is 0.258 e. The first-order chi connectivity index (χ1) is 17.2. The summed E-state index contributed by atoms with van der Waals surface area (Å²) in [6, 6.07) is 6.02. The van der Waals surface area contributed by atoms with E-state index in [4.69, 9.17) is 9.47 Å². The van der Waals surface area contributed by atoms with Crippen LogP contribution in [0.15, 0.2) is 41.3 Å². The molecule has 198 valence electrons. The number of benzene rings is 1. The van der Waals surface area contributed by atoms with Crippen LogP contribution >= 0.6 is 0 Å². The van der Waals surface area contributed by atoms with Gasteiger partial charge < -0.3 is 24.6 Å². The zero-order chi connectivity index (χ0) is 25.8. The van der Waals surface area contributed by atoms with Gasteiger partial charge in [-0.2, -0.15) is 4.31 Å². The Morgan fingerprint density at radius 2 is 1.97 bits per heavy atom. The van der Waals surface area contributed by atoms with Crippen molar-refractivity contribution >= 4 is 21.8 Å². The van der Waals surface area contributed by atoms with Gasteiger partial charge in [0.05, 0.1) is 24.7 Å². The van der Waals surface area contributed by atoms with Crippen molar-refractivity contribution < 1.29 is 27.5 Å². The molecule has 1 unspecified atom stereocenters. The number of carbonyl (C=O) groups is 2. The number of fused-ring (bicyclic) bond motifs is 3. The topological polar surface area (TPSA) is 108 Å². The van der Waals surface area contributed by atoms with Gasteiger partial charge in [0.25, 0.3) is 11.8 Å². The highest BCUT2D eigenvalue weighted by molar-refractivity contribution is 7.89. The summed E-state index contributed by atoms with van der Waals surface area (Å²) in [4.78, 5) is 30.7. The highest BCUT2D eigenvalue weighted by Gasteiger charge is 2.44. The number of sulfonamides is 1. The molecular formula is C25H36N4O6S. The van der Waals surface area contributed by atoms with Crippen LogP contribution in [0.1, 0.15) is 29.6 Å². The van der Waals surface area contributed by atoms with E-state index in [2.05, 4.69) is 5.32 Å². The first kappa shape index (κ1) is 26.7. The molecule has 3 aliphatic rings. The Morgan fingerprint density at radius 3 is 2.75 bits per heavy atom. The molecule has 4 rings (SSSR count). The van der Waals surface area contributed by atoms with Crippen LogP contribution in [0.2, 0.25) is 0 Å². The molecule has 0 aromatic heterocycles. The van der Waals surface area contributed by atoms with Crippen molar-refractivity contribution in [2.45, 2.75) is 35.8 Å². The quantitative estimate of drug-likeness (QED) is 0.502. The molecule has 0 saturated carbocycles. The minimum Gasteiger partial charge on any atom is -0.374 e. The standard InChI is InChI=1S/C25H36N4O6S/c1-27-17-21-9-3-4-13-29(21)23(30)20-8-7-10-22(16-20)36(32,33)28(2)12-5-6-14-34-19-25(24(27)31)18-26-11-15-35-25/h5-8,10,16,21,26H,3-4,9,11-15,17-19H2,1-2H3/b6-5-/t21-,25?/m0/s1. The number of nitrogens with zero attached hydrogens (tertiary/aromatic N) is 3. The summed E-state index contributed by atoms with van der Waals surface area (Å²) < 4.78 is 39.3. The van der Waals surface area contributed by atoms with E-state index in [1.54, 1.807) is 41.1 Å². The van der Waals surface area contributed by atoms with Gasteiger partial charge in [-0.05, 0) is 37.5 Å². The third-order valence-corrected chi connectivity index (χ3v) is 8.86. The highest BCUT2D eigenvalue weighted by Crippen LogP contribution is 2.25. The molecule has 10 nitrogen and oxygen atoms in total. The fraction of sp³-hybridized carbons (Fsp3) is 0.600. The van der Waals surface area contributed by atoms with E-state index < -0.39 is 15.6 Å². The number of amides is 2. The van der Waals surface area contributed by atoms with Gasteiger partial charge in [0, 0.05) is 58.4 Å². The van der Waals surface area contributed by atoms with E-state index in [0.717, 1.165) is 19.3 Å². The molecule has 1 spiro atoms. The third-order valence-electron chi connectivity index (χ3n) is 7.04. The number of ether oxygens (including phenoxy) is 2. The fourth-order valence-corrected chi connectivity index (χ4v) is 6.14. The van der Waals surface area contributed by atoms with E-state index in [0.29, 0.717) is 38.3 Å². The second kappa shape index (κ2) is 11.4. The lowest BCUT2D eigenvalue weighted by Crippen LogP contribution is -2.63. The summed E-state index contributed by atoms with van der Waals surface area (Å²) in [6.07, 6.45) is 6.01. The summed E-state index contributed by atoms with van der Waals surface area (Å²) in [5.74, 6) is -0.402. The Hall–Kier alpha value is -2.31. The van der Waals surface area contributed by atoms with E-state index in [-0.39, 0.29) is 42.5 Å². The van der Waals surface area contributed by atoms with Gasteiger partial charge in [-0.1, -0.05) is 18.2 Å². The van der Waals surface area contributed by atoms with Crippen molar-refractivity contribution in [1.82, 2.24) is 19.4 Å². The molecule has 11 heteroatoms. The lowest BCUT2D eigenvalue weighted by molar-refractivity contribution is -0.170. The van der Waals surface area contributed by atoms with Crippen molar-refractivity contribution in [3.8, 4) is 0 Å². The van der Waals surface area contributed by atoms with Crippen molar-refractivity contribution in [2.24, 2.45) is 0 Å². The summed E-state index contributed by atoms with van der Waals surface area (Å²) in [6.45, 7) is 2.73. The van der Waals surface area contributed by atoms with Gasteiger partial charge in [-0.15, -0.1) is 0 Å². The average molecular weight is 521 g/mol. The predicted octanol–water partition coefficient (Wildman–Crippen LogP) is 0.705. The molecule has 2 bridgehead atoms. The van der Waals surface area contributed by atoms with E-state index in [9.17, 15) is 18.0 Å². The zero-order valence-corrected chi connectivity index (χ0v) is 21.8. The van der Waals surface area contributed by atoms with Crippen LogP contribution in [-0.2, 0) is 24.3 Å². The second-order valence-corrected chi connectivity index (χ2v) is 11.7. The smallest absolute Gasteiger partial charge is 0.258 e. The minimum atomic E-state index is -3.78. The summed E-state index contributed by atoms with van der Waals surface area (Å²) in [5.41, 5.74) is -0.823. The van der Waals surface area contributed by atoms with Crippen LogP contribution in [0.3, 0.4) is 0 Å². The van der Waals surface area contributed by atoms with Crippen LogP contribution < -0.4 is 5.32 Å². The van der Waals surface area contributed by atoms with Crippen molar-refractivity contribution in [3.63, 3.8) is 0 Å². The van der Waals surface area contributed by atoms with Crippen LogP contribution in [-0.4, -0.2) is 113 Å². The van der Waals surface area contributed by atoms with E-state index in [1.807, 2.05) is 0 Å². The van der Waals surface area contributed by atoms with E-state index in [1.165, 1.54) is 23.5 Å². The maximum atomic E-state index is 13.6. The molecule has 1 aromatic carbocycles. The first-order valence-corrected chi connectivity index (χ1v) is 13.9. The Balaban J connectivity index is 1.67. The molecule has 3 heterocycles. The van der Waals surface area contributed by atoms with Gasteiger partial charge in [0.2, 0.25) is 10.0 Å². The number of hydrogen-bond donors (Lipinski definition) is 1. The summed E-state index contributed by atoms with van der Waals surface area (Å²) in [7, 11) is -0.544. The summed E-state index contributed by atoms with van der Waals surface area (Å²) in [5, 5.41) is 3.24. The third kappa shape index (κ3) is 5.65. The molecule has 36 heavy (non-hydrogen) atoms. The molecule has 2 fully saturated rings. The minimum absolute atomic E-state index is 0.0690. The molecule has 2 saturated heterocycles. The zero-order valence-electron chi connectivity index (χ0n) is 21.0. The van der Waals surface area contributed by atoms with E-state index >= 15 is 0 Å². The van der Waals surface area contributed by atoms with Crippen molar-refractivity contribution in [2.75, 3.05) is 66.6 Å². The van der Waals surface area contributed by atoms with Crippen LogP contribution in [0.5, 0.6) is 0 Å². The largest absolute Gasteiger partial charge is 0.374 e. The molecular weight excluding hydrogens is 484 g/mol. The predicted molar refractivity (Wildman–Crippen MR) is 134 cm³/mol. The monoisotopic (exact) mass is 520 g/mol. The number of rotatable bonds is 0. The van der Waals surface area contributed by atoms with Gasteiger partial charge >= 0.3 is 0 Å². The van der Waals surface area contributed by atoms with Crippen molar-refractivity contribution in [1.29, 1.82) is 0 Å². The molecule has 2 atom stereocenters. The van der Waals surface area contributed by atoms with Crippen molar-refractivity contribution in [3.05, 3.63) is 42.0 Å². The lowest BCUT2D eigenvalue weighted by Gasteiger charge is -2.42. The molecule has 1 N–H and O–H groups in total. The Bertz CT molecular complexity index is 1090. The van der Waals surface area contributed by atoms with Crippen LogP contribution in [0.4, 0.5) is 0 Å². The number of morpholine rings is 1. The number of hydrogen-bond acceptors (Lipinski definition) is 7. The number of likely N-dealkylation sites (N-methyl/N-ethyl adjacent to an activating group) is 2. The Morgan fingerprint density at radius 1 is 1.14 bits per heavy atom. The van der Waals surface area contributed by atoms with Gasteiger partial charge in [-0.3, -0.25) is 9.59 Å². The highest BCUT2D eigenvalue weighted by atomic mass is 32.2. The Labute approximate surface area is 213 Å². The van der Waals surface area contributed by atoms with Gasteiger partial charge in [0.15, 0.2) is 5.60 Å². The normalized spacial score (nSPS) is 29.9.